The van der Waals surface area contributed by atoms with Gasteiger partial charge in [-0.15, -0.1) is 0 Å². The van der Waals surface area contributed by atoms with Crippen LogP contribution in [0, 0.1) is 6.20 Å². The largest absolute Gasteiger partial charge is 0.245 e. The molecule has 1 heteroatoms. The SMILES string of the molecule is [c]1nc2ccccc2cc1-c1ccccc1. The molecule has 3 aromatic rings. The van der Waals surface area contributed by atoms with E-state index >= 15 is 0 Å². The van der Waals surface area contributed by atoms with Gasteiger partial charge in [0, 0.05) is 10.9 Å². The molecule has 1 heterocycles. The van der Waals surface area contributed by atoms with E-state index in [2.05, 4.69) is 35.4 Å². The number of benzene rings is 2. The van der Waals surface area contributed by atoms with E-state index in [-0.39, 0.29) is 0 Å². The molecule has 1 aromatic heterocycles. The summed E-state index contributed by atoms with van der Waals surface area (Å²) in [7, 11) is 0. The fraction of sp³-hybridized carbons (Fsp3) is 0. The zero-order valence-corrected chi connectivity index (χ0v) is 8.72. The van der Waals surface area contributed by atoms with Crippen LogP contribution < -0.4 is 0 Å². The molecular weight excluding hydrogens is 194 g/mol. The van der Waals surface area contributed by atoms with E-state index in [1.807, 2.05) is 36.4 Å². The summed E-state index contributed by atoms with van der Waals surface area (Å²) in [6.45, 7) is 0. The maximum Gasteiger partial charge on any atom is 0.0978 e. The Labute approximate surface area is 94.4 Å². The third-order valence-corrected chi connectivity index (χ3v) is 2.62. The molecule has 1 nitrogen and oxygen atoms in total. The summed E-state index contributed by atoms with van der Waals surface area (Å²) in [4.78, 5) is 4.33. The first-order valence-electron chi connectivity index (χ1n) is 5.26. The molecule has 0 spiro atoms. The lowest BCUT2D eigenvalue weighted by molar-refractivity contribution is 1.39. The highest BCUT2D eigenvalue weighted by atomic mass is 14.6. The van der Waals surface area contributed by atoms with Crippen molar-refractivity contribution < 1.29 is 0 Å². The summed E-state index contributed by atoms with van der Waals surface area (Å²) in [6, 6.07) is 20.4. The average Bonchev–Trinajstić information content (AvgIpc) is 2.39. The molecule has 3 rings (SSSR count). The van der Waals surface area contributed by atoms with E-state index < -0.39 is 0 Å². The summed E-state index contributed by atoms with van der Waals surface area (Å²) in [5, 5.41) is 1.15. The minimum atomic E-state index is 0.988. The molecule has 0 aliphatic rings. The van der Waals surface area contributed by atoms with Gasteiger partial charge in [-0.05, 0) is 17.7 Å². The van der Waals surface area contributed by atoms with Crippen molar-refractivity contribution in [2.45, 2.75) is 0 Å². The van der Waals surface area contributed by atoms with Crippen molar-refractivity contribution in [2.24, 2.45) is 0 Å². The maximum atomic E-state index is 4.33. The molecule has 0 atom stereocenters. The van der Waals surface area contributed by atoms with E-state index in [9.17, 15) is 0 Å². The van der Waals surface area contributed by atoms with Gasteiger partial charge in [-0.2, -0.15) is 0 Å². The van der Waals surface area contributed by atoms with Crippen LogP contribution in [0.1, 0.15) is 0 Å². The Morgan fingerprint density at radius 1 is 0.812 bits per heavy atom. The highest BCUT2D eigenvalue weighted by Gasteiger charge is 1.99. The quantitative estimate of drug-likeness (QED) is 0.589. The van der Waals surface area contributed by atoms with Gasteiger partial charge in [-0.1, -0.05) is 48.5 Å². The molecule has 2 aromatic carbocycles. The van der Waals surface area contributed by atoms with Gasteiger partial charge in [0.25, 0.3) is 0 Å². The molecule has 1 radical (unpaired) electrons. The Balaban J connectivity index is 2.19. The first kappa shape index (κ1) is 9.10. The van der Waals surface area contributed by atoms with Crippen LogP contribution in [-0.2, 0) is 0 Å². The molecule has 0 aliphatic heterocycles. The fourth-order valence-electron chi connectivity index (χ4n) is 1.79. The Bertz CT molecular complexity index is 614. The van der Waals surface area contributed by atoms with Crippen molar-refractivity contribution in [3.8, 4) is 11.1 Å². The molecule has 0 saturated carbocycles. The van der Waals surface area contributed by atoms with Crippen molar-refractivity contribution in [1.82, 2.24) is 4.98 Å². The topological polar surface area (TPSA) is 12.9 Å². The number of aromatic nitrogens is 1. The van der Waals surface area contributed by atoms with Gasteiger partial charge in [0.1, 0.15) is 0 Å². The Kier molecular flexibility index (Phi) is 2.15. The predicted molar refractivity (Wildman–Crippen MR) is 66.0 cm³/mol. The van der Waals surface area contributed by atoms with E-state index in [1.54, 1.807) is 0 Å². The van der Waals surface area contributed by atoms with Crippen LogP contribution in [0.25, 0.3) is 22.0 Å². The lowest BCUT2D eigenvalue weighted by atomic mass is 10.1. The van der Waals surface area contributed by atoms with E-state index in [1.165, 1.54) is 0 Å². The third-order valence-electron chi connectivity index (χ3n) is 2.62. The number of pyridine rings is 1. The van der Waals surface area contributed by atoms with Crippen LogP contribution in [0.15, 0.2) is 60.7 Å². The van der Waals surface area contributed by atoms with Crippen molar-refractivity contribution >= 4 is 10.9 Å². The summed E-state index contributed by atoms with van der Waals surface area (Å²) in [5.74, 6) is 0. The number of rotatable bonds is 1. The van der Waals surface area contributed by atoms with Crippen LogP contribution in [0.5, 0.6) is 0 Å². The number of nitrogens with zero attached hydrogens (tertiary/aromatic N) is 1. The number of fused-ring (bicyclic) bond motifs is 1. The molecule has 0 amide bonds. The van der Waals surface area contributed by atoms with Crippen molar-refractivity contribution in [2.75, 3.05) is 0 Å². The first-order valence-corrected chi connectivity index (χ1v) is 5.26. The summed E-state index contributed by atoms with van der Waals surface area (Å²) < 4.78 is 0. The zero-order valence-electron chi connectivity index (χ0n) is 8.72. The normalized spacial score (nSPS) is 10.5. The van der Waals surface area contributed by atoms with Crippen molar-refractivity contribution in [1.29, 1.82) is 0 Å². The molecule has 0 unspecified atom stereocenters. The fourth-order valence-corrected chi connectivity index (χ4v) is 1.79. The van der Waals surface area contributed by atoms with Crippen LogP contribution in [0.2, 0.25) is 0 Å². The second-order valence-corrected chi connectivity index (χ2v) is 3.71. The maximum absolute atomic E-state index is 4.33. The molecular formula is C15H10N. The van der Waals surface area contributed by atoms with Crippen LogP contribution in [0.3, 0.4) is 0 Å². The van der Waals surface area contributed by atoms with Gasteiger partial charge in [0.2, 0.25) is 0 Å². The van der Waals surface area contributed by atoms with Crippen molar-refractivity contribution in [3.63, 3.8) is 0 Å². The van der Waals surface area contributed by atoms with Gasteiger partial charge < -0.3 is 0 Å². The Hall–Kier alpha value is -2.15. The Morgan fingerprint density at radius 2 is 1.56 bits per heavy atom. The van der Waals surface area contributed by atoms with Gasteiger partial charge >= 0.3 is 0 Å². The van der Waals surface area contributed by atoms with Gasteiger partial charge in [0.15, 0.2) is 0 Å². The molecule has 0 bridgehead atoms. The summed E-state index contributed by atoms with van der Waals surface area (Å²) in [5.41, 5.74) is 3.18. The monoisotopic (exact) mass is 204 g/mol. The second-order valence-electron chi connectivity index (χ2n) is 3.71. The highest BCUT2D eigenvalue weighted by molar-refractivity contribution is 5.83. The van der Waals surface area contributed by atoms with E-state index in [0.29, 0.717) is 0 Å². The van der Waals surface area contributed by atoms with E-state index in [4.69, 9.17) is 0 Å². The van der Waals surface area contributed by atoms with Gasteiger partial charge in [-0.25, -0.2) is 4.98 Å². The van der Waals surface area contributed by atoms with Crippen LogP contribution in [0.4, 0.5) is 0 Å². The first-order chi connectivity index (χ1) is 7.93. The second kappa shape index (κ2) is 3.78. The minimum absolute atomic E-state index is 0.988. The number of hydrogen-bond donors (Lipinski definition) is 0. The average molecular weight is 204 g/mol. The standard InChI is InChI=1S/C15H10N/c1-2-6-12(7-3-1)14-10-13-8-4-5-9-15(13)16-11-14/h1-10H. The lowest BCUT2D eigenvalue weighted by Gasteiger charge is -2.02. The summed E-state index contributed by atoms with van der Waals surface area (Å²) >= 11 is 0. The van der Waals surface area contributed by atoms with E-state index in [0.717, 1.165) is 22.0 Å². The molecule has 0 N–H and O–H groups in total. The molecule has 75 valence electrons. The van der Waals surface area contributed by atoms with Crippen molar-refractivity contribution in [3.05, 3.63) is 66.9 Å². The predicted octanol–water partition coefficient (Wildman–Crippen LogP) is 3.70. The van der Waals surface area contributed by atoms with Crippen LogP contribution >= 0.6 is 0 Å². The lowest BCUT2D eigenvalue weighted by Crippen LogP contribution is -1.82. The van der Waals surface area contributed by atoms with Gasteiger partial charge in [0.05, 0.1) is 11.7 Å². The highest BCUT2D eigenvalue weighted by Crippen LogP contribution is 2.21. The number of hydrogen-bond acceptors (Lipinski definition) is 1. The zero-order chi connectivity index (χ0) is 10.8. The number of para-hydroxylation sites is 1. The van der Waals surface area contributed by atoms with Gasteiger partial charge in [-0.3, -0.25) is 0 Å². The van der Waals surface area contributed by atoms with Crippen LogP contribution in [-0.4, -0.2) is 4.98 Å². The Morgan fingerprint density at radius 3 is 2.44 bits per heavy atom. The third kappa shape index (κ3) is 1.57. The molecule has 16 heavy (non-hydrogen) atoms. The summed E-state index contributed by atoms with van der Waals surface area (Å²) in [6.07, 6.45) is 3.08. The minimum Gasteiger partial charge on any atom is -0.245 e. The molecule has 0 saturated heterocycles. The molecule has 0 fully saturated rings. The molecule has 0 aliphatic carbocycles. The smallest absolute Gasteiger partial charge is 0.0978 e.